The third-order valence-electron chi connectivity index (χ3n) is 3.67. The molecule has 0 aliphatic carbocycles. The number of carbonyl (C=O) groups excluding carboxylic acids is 2. The van der Waals surface area contributed by atoms with Gasteiger partial charge in [-0.05, 0) is 11.6 Å². The van der Waals surface area contributed by atoms with E-state index in [0.29, 0.717) is 19.7 Å². The summed E-state index contributed by atoms with van der Waals surface area (Å²) in [5, 5.41) is 2.86. The zero-order chi connectivity index (χ0) is 16.1. The van der Waals surface area contributed by atoms with E-state index < -0.39 is 0 Å². The second-order valence-electron chi connectivity index (χ2n) is 5.24. The summed E-state index contributed by atoms with van der Waals surface area (Å²) in [4.78, 5) is 29.2. The summed E-state index contributed by atoms with van der Waals surface area (Å²) in [6, 6.07) is 7.78. The Morgan fingerprint density at radius 3 is 3.00 bits per heavy atom. The van der Waals surface area contributed by atoms with Gasteiger partial charge in [-0.1, -0.05) is 18.2 Å². The van der Waals surface area contributed by atoms with Crippen LogP contribution in [-0.2, 0) is 20.9 Å². The molecule has 2 amide bonds. The maximum absolute atomic E-state index is 12.1. The number of hydrogen-bond donors (Lipinski definition) is 1. The minimum atomic E-state index is -0.180. The summed E-state index contributed by atoms with van der Waals surface area (Å²) in [6.07, 6.45) is 5.28. The molecule has 23 heavy (non-hydrogen) atoms. The topological polar surface area (TPSA) is 76.5 Å². The van der Waals surface area contributed by atoms with E-state index in [1.807, 2.05) is 35.0 Å². The third-order valence-corrected chi connectivity index (χ3v) is 3.67. The van der Waals surface area contributed by atoms with Crippen LogP contribution in [0.2, 0.25) is 0 Å². The monoisotopic (exact) mass is 314 g/mol. The van der Waals surface area contributed by atoms with E-state index in [0.717, 1.165) is 11.3 Å². The van der Waals surface area contributed by atoms with Crippen molar-refractivity contribution < 1.29 is 14.3 Å². The van der Waals surface area contributed by atoms with Crippen LogP contribution in [0.3, 0.4) is 0 Å². The first kappa shape index (κ1) is 15.2. The third kappa shape index (κ3) is 3.75. The Hall–Kier alpha value is -2.67. The van der Waals surface area contributed by atoms with Crippen molar-refractivity contribution in [3.8, 4) is 5.69 Å². The van der Waals surface area contributed by atoms with Crippen LogP contribution in [0.4, 0.5) is 0 Å². The van der Waals surface area contributed by atoms with Crippen molar-refractivity contribution in [2.45, 2.75) is 6.54 Å². The van der Waals surface area contributed by atoms with Crippen LogP contribution in [0.1, 0.15) is 5.56 Å². The molecule has 1 fully saturated rings. The van der Waals surface area contributed by atoms with E-state index >= 15 is 0 Å². The zero-order valence-corrected chi connectivity index (χ0v) is 12.6. The summed E-state index contributed by atoms with van der Waals surface area (Å²) in [6.45, 7) is 1.44. The van der Waals surface area contributed by atoms with Crippen molar-refractivity contribution in [2.75, 3.05) is 26.3 Å². The molecule has 0 saturated carbocycles. The summed E-state index contributed by atoms with van der Waals surface area (Å²) >= 11 is 0. The second kappa shape index (κ2) is 7.06. The lowest BCUT2D eigenvalue weighted by Gasteiger charge is -2.26. The highest BCUT2D eigenvalue weighted by atomic mass is 16.5. The van der Waals surface area contributed by atoms with E-state index in [2.05, 4.69) is 10.3 Å². The fraction of sp³-hybridized carbons (Fsp3) is 0.312. The van der Waals surface area contributed by atoms with Crippen molar-refractivity contribution in [3.05, 3.63) is 48.5 Å². The maximum atomic E-state index is 12.1. The van der Waals surface area contributed by atoms with Gasteiger partial charge in [-0.15, -0.1) is 0 Å². The number of carbonyl (C=O) groups is 2. The van der Waals surface area contributed by atoms with Crippen LogP contribution >= 0.6 is 0 Å². The predicted octanol–water partition coefficient (Wildman–Crippen LogP) is 0.347. The lowest BCUT2D eigenvalue weighted by molar-refractivity contribution is -0.145. The van der Waals surface area contributed by atoms with Gasteiger partial charge in [0.05, 0.1) is 25.2 Å². The molecule has 3 rings (SSSR count). The van der Waals surface area contributed by atoms with Crippen LogP contribution in [0.25, 0.3) is 5.69 Å². The number of aromatic nitrogens is 2. The van der Waals surface area contributed by atoms with Gasteiger partial charge in [0.1, 0.15) is 6.61 Å². The molecular formula is C16H18N4O3. The van der Waals surface area contributed by atoms with E-state index in [9.17, 15) is 9.59 Å². The van der Waals surface area contributed by atoms with Crippen LogP contribution in [-0.4, -0.2) is 52.6 Å². The Kier molecular flexibility index (Phi) is 4.68. The molecular weight excluding hydrogens is 296 g/mol. The Morgan fingerprint density at radius 1 is 1.35 bits per heavy atom. The molecule has 2 aromatic rings. The number of nitrogens with zero attached hydrogens (tertiary/aromatic N) is 3. The second-order valence-corrected chi connectivity index (χ2v) is 5.24. The van der Waals surface area contributed by atoms with Gasteiger partial charge < -0.3 is 19.5 Å². The highest BCUT2D eigenvalue weighted by molar-refractivity contribution is 5.85. The highest BCUT2D eigenvalue weighted by Crippen LogP contribution is 2.13. The molecule has 0 radical (unpaired) electrons. The smallest absolute Gasteiger partial charge is 0.249 e. The standard InChI is InChI=1S/C16H18N4O3/c21-15(10-19-7-8-23-11-16(19)22)18-9-13-3-1-2-4-14(13)20-6-5-17-12-20/h1-6,12H,7-11H2,(H,18,21). The quantitative estimate of drug-likeness (QED) is 0.864. The lowest BCUT2D eigenvalue weighted by Crippen LogP contribution is -2.46. The molecule has 1 aliphatic heterocycles. The van der Waals surface area contributed by atoms with E-state index in [1.165, 1.54) is 4.90 Å². The average molecular weight is 314 g/mol. The SMILES string of the molecule is O=C(CN1CCOCC1=O)NCc1ccccc1-n1ccnc1. The fourth-order valence-corrected chi connectivity index (χ4v) is 2.45. The molecule has 1 aromatic heterocycles. The molecule has 0 spiro atoms. The number of para-hydroxylation sites is 1. The molecule has 0 unspecified atom stereocenters. The summed E-state index contributed by atoms with van der Waals surface area (Å²) in [7, 11) is 0. The van der Waals surface area contributed by atoms with Crippen molar-refractivity contribution in [3.63, 3.8) is 0 Å². The van der Waals surface area contributed by atoms with Gasteiger partial charge >= 0.3 is 0 Å². The summed E-state index contributed by atoms with van der Waals surface area (Å²) in [5.41, 5.74) is 1.94. The maximum Gasteiger partial charge on any atom is 0.249 e. The minimum absolute atomic E-state index is 0.0523. The Labute approximate surface area is 133 Å². The number of nitrogens with one attached hydrogen (secondary N) is 1. The van der Waals surface area contributed by atoms with Gasteiger partial charge in [-0.2, -0.15) is 0 Å². The molecule has 1 aliphatic rings. The molecule has 0 bridgehead atoms. The molecule has 0 atom stereocenters. The van der Waals surface area contributed by atoms with E-state index in [-0.39, 0.29) is 25.0 Å². The van der Waals surface area contributed by atoms with Crippen LogP contribution in [0.15, 0.2) is 43.0 Å². The molecule has 1 aromatic carbocycles. The Balaban J connectivity index is 1.60. The van der Waals surface area contributed by atoms with Crippen LogP contribution in [0.5, 0.6) is 0 Å². The molecule has 7 heteroatoms. The zero-order valence-electron chi connectivity index (χ0n) is 12.6. The first-order valence-corrected chi connectivity index (χ1v) is 7.42. The van der Waals surface area contributed by atoms with E-state index in [4.69, 9.17) is 4.74 Å². The summed E-state index contributed by atoms with van der Waals surface area (Å²) < 4.78 is 6.94. The fourth-order valence-electron chi connectivity index (χ4n) is 2.45. The number of hydrogen-bond acceptors (Lipinski definition) is 4. The van der Waals surface area contributed by atoms with Crippen LogP contribution < -0.4 is 5.32 Å². The van der Waals surface area contributed by atoms with Crippen molar-refractivity contribution in [2.24, 2.45) is 0 Å². The first-order chi connectivity index (χ1) is 11.2. The number of ether oxygens (including phenoxy) is 1. The van der Waals surface area contributed by atoms with Gasteiger partial charge in [0, 0.05) is 25.5 Å². The number of morpholine rings is 1. The van der Waals surface area contributed by atoms with Gasteiger partial charge in [-0.3, -0.25) is 9.59 Å². The van der Waals surface area contributed by atoms with Gasteiger partial charge in [0.25, 0.3) is 0 Å². The molecule has 7 nitrogen and oxygen atoms in total. The number of amides is 2. The Morgan fingerprint density at radius 2 is 2.22 bits per heavy atom. The van der Waals surface area contributed by atoms with Crippen molar-refractivity contribution >= 4 is 11.8 Å². The number of benzene rings is 1. The summed E-state index contributed by atoms with van der Waals surface area (Å²) in [5.74, 6) is -0.328. The van der Waals surface area contributed by atoms with Gasteiger partial charge in [0.15, 0.2) is 0 Å². The predicted molar refractivity (Wildman–Crippen MR) is 82.8 cm³/mol. The average Bonchev–Trinajstić information content (AvgIpc) is 3.10. The van der Waals surface area contributed by atoms with Crippen molar-refractivity contribution in [1.29, 1.82) is 0 Å². The molecule has 1 N–H and O–H groups in total. The van der Waals surface area contributed by atoms with E-state index in [1.54, 1.807) is 12.5 Å². The minimum Gasteiger partial charge on any atom is -0.370 e. The van der Waals surface area contributed by atoms with Gasteiger partial charge in [0.2, 0.25) is 11.8 Å². The number of imidazole rings is 1. The lowest BCUT2D eigenvalue weighted by atomic mass is 10.1. The molecule has 1 saturated heterocycles. The van der Waals surface area contributed by atoms with Gasteiger partial charge in [-0.25, -0.2) is 4.98 Å². The normalized spacial score (nSPS) is 14.8. The van der Waals surface area contributed by atoms with Crippen molar-refractivity contribution in [1.82, 2.24) is 19.8 Å². The molecule has 2 heterocycles. The largest absolute Gasteiger partial charge is 0.370 e. The first-order valence-electron chi connectivity index (χ1n) is 7.42. The highest BCUT2D eigenvalue weighted by Gasteiger charge is 2.20. The Bertz CT molecular complexity index is 684. The number of rotatable bonds is 5. The molecule has 120 valence electrons. The van der Waals surface area contributed by atoms with Crippen LogP contribution in [0, 0.1) is 0 Å².